The molecule has 5 amide bonds. The van der Waals surface area contributed by atoms with E-state index in [1.807, 2.05) is 0 Å². The first-order chi connectivity index (χ1) is 13.3. The number of hydrogen-bond donors (Lipinski definition) is 3. The lowest BCUT2D eigenvalue weighted by molar-refractivity contribution is -0.138. The predicted molar refractivity (Wildman–Crippen MR) is 96.0 cm³/mol. The molecule has 0 spiro atoms. The van der Waals surface area contributed by atoms with Crippen molar-refractivity contribution in [2.45, 2.75) is 12.5 Å². The van der Waals surface area contributed by atoms with Crippen LogP contribution in [0.25, 0.3) is 0 Å². The molecule has 0 radical (unpaired) electrons. The summed E-state index contributed by atoms with van der Waals surface area (Å²) >= 11 is 0. The third-order valence-corrected chi connectivity index (χ3v) is 4.29. The van der Waals surface area contributed by atoms with E-state index in [0.717, 1.165) is 12.1 Å². The topological polar surface area (TPSA) is 108 Å². The number of nitrogens with one attached hydrogen (secondary N) is 3. The van der Waals surface area contributed by atoms with Gasteiger partial charge in [0.15, 0.2) is 0 Å². The number of carbonyl (C=O) groups excluding carboxylic acids is 4. The quantitative estimate of drug-likeness (QED) is 0.670. The predicted octanol–water partition coefficient (Wildman–Crippen LogP) is 1.05. The molecular weight excluding hydrogens is 367 g/mol. The van der Waals surface area contributed by atoms with Crippen LogP contribution < -0.4 is 16.1 Å². The van der Waals surface area contributed by atoms with Crippen LogP contribution in [0.1, 0.15) is 22.8 Å². The fourth-order valence-corrected chi connectivity index (χ4v) is 2.74. The molecule has 0 unspecified atom stereocenters. The number of nitrogens with zero attached hydrogens (tertiary/aromatic N) is 1. The lowest BCUT2D eigenvalue weighted by Crippen LogP contribution is -2.50. The van der Waals surface area contributed by atoms with Crippen LogP contribution in [0.5, 0.6) is 0 Å². The van der Waals surface area contributed by atoms with Gasteiger partial charge in [0.25, 0.3) is 17.7 Å². The summed E-state index contributed by atoms with van der Waals surface area (Å²) in [5.74, 6) is -2.51. The second kappa shape index (κ2) is 7.47. The van der Waals surface area contributed by atoms with E-state index in [1.165, 1.54) is 19.1 Å². The summed E-state index contributed by atoms with van der Waals surface area (Å²) in [5.41, 5.74) is 1.59. The van der Waals surface area contributed by atoms with Crippen LogP contribution >= 0.6 is 0 Å². The minimum atomic E-state index is -1.32. The van der Waals surface area contributed by atoms with Crippen molar-refractivity contribution in [3.8, 4) is 0 Å². The van der Waals surface area contributed by atoms with Crippen LogP contribution in [0.2, 0.25) is 0 Å². The van der Waals surface area contributed by atoms with Crippen molar-refractivity contribution >= 4 is 23.8 Å². The van der Waals surface area contributed by atoms with Gasteiger partial charge in [0, 0.05) is 5.56 Å². The van der Waals surface area contributed by atoms with Gasteiger partial charge in [-0.05, 0) is 36.8 Å². The number of hydrazine groups is 1. The van der Waals surface area contributed by atoms with E-state index in [0.29, 0.717) is 10.6 Å². The highest BCUT2D eigenvalue weighted by Gasteiger charge is 2.49. The number of halogens is 1. The van der Waals surface area contributed by atoms with Crippen molar-refractivity contribution in [1.82, 2.24) is 21.1 Å². The standard InChI is InChI=1S/C19H17FN4O4/c1-19(13-5-3-2-4-6-13)17(27)24(18(28)22-19)23-15(25)11-21-16(26)12-7-9-14(20)10-8-12/h2-10H,11H2,1H3,(H,21,26)(H,22,28)(H,23,25)/t19-/m1/s1. The van der Waals surface area contributed by atoms with Crippen molar-refractivity contribution in [1.29, 1.82) is 0 Å². The molecule has 1 aliphatic heterocycles. The fraction of sp³-hybridized carbons (Fsp3) is 0.158. The average Bonchev–Trinajstić information content (AvgIpc) is 2.91. The number of amides is 5. The van der Waals surface area contributed by atoms with E-state index in [2.05, 4.69) is 16.1 Å². The normalized spacial score (nSPS) is 18.6. The molecule has 28 heavy (non-hydrogen) atoms. The monoisotopic (exact) mass is 384 g/mol. The van der Waals surface area contributed by atoms with Gasteiger partial charge in [-0.15, -0.1) is 0 Å². The van der Waals surface area contributed by atoms with Crippen LogP contribution in [-0.2, 0) is 15.1 Å². The highest BCUT2D eigenvalue weighted by molar-refractivity contribution is 6.08. The van der Waals surface area contributed by atoms with Crippen LogP contribution in [0, 0.1) is 5.82 Å². The first-order valence-corrected chi connectivity index (χ1v) is 8.37. The van der Waals surface area contributed by atoms with Crippen molar-refractivity contribution in [3.63, 3.8) is 0 Å². The number of rotatable bonds is 5. The largest absolute Gasteiger partial charge is 0.344 e. The maximum absolute atomic E-state index is 12.9. The number of urea groups is 1. The summed E-state index contributed by atoms with van der Waals surface area (Å²) in [7, 11) is 0. The first-order valence-electron chi connectivity index (χ1n) is 8.37. The van der Waals surface area contributed by atoms with E-state index in [4.69, 9.17) is 0 Å². The van der Waals surface area contributed by atoms with E-state index in [1.54, 1.807) is 30.3 Å². The Morgan fingerprint density at radius 3 is 2.36 bits per heavy atom. The molecule has 8 nitrogen and oxygen atoms in total. The molecule has 2 aromatic carbocycles. The highest BCUT2D eigenvalue weighted by atomic mass is 19.1. The van der Waals surface area contributed by atoms with Crippen LogP contribution in [-0.4, -0.2) is 35.3 Å². The highest BCUT2D eigenvalue weighted by Crippen LogP contribution is 2.27. The molecule has 144 valence electrons. The van der Waals surface area contributed by atoms with E-state index in [9.17, 15) is 23.6 Å². The van der Waals surface area contributed by atoms with Gasteiger partial charge in [-0.3, -0.25) is 19.8 Å². The summed E-state index contributed by atoms with van der Waals surface area (Å²) in [4.78, 5) is 48.8. The number of carbonyl (C=O) groups is 4. The molecule has 0 bridgehead atoms. The Labute approximate surface area is 159 Å². The van der Waals surface area contributed by atoms with E-state index >= 15 is 0 Å². The molecule has 1 atom stereocenters. The Morgan fingerprint density at radius 1 is 1.07 bits per heavy atom. The molecule has 0 aromatic heterocycles. The SMILES string of the molecule is C[C@]1(c2ccccc2)NC(=O)N(NC(=O)CNC(=O)c2ccc(F)cc2)C1=O. The van der Waals surface area contributed by atoms with Crippen molar-refractivity contribution in [3.05, 3.63) is 71.5 Å². The second-order valence-corrected chi connectivity index (χ2v) is 6.29. The fourth-order valence-electron chi connectivity index (χ4n) is 2.74. The van der Waals surface area contributed by atoms with E-state index in [-0.39, 0.29) is 5.56 Å². The molecule has 1 fully saturated rings. The Balaban J connectivity index is 1.61. The summed E-state index contributed by atoms with van der Waals surface area (Å²) in [5, 5.41) is 5.46. The summed E-state index contributed by atoms with van der Waals surface area (Å²) in [6.45, 7) is 1.06. The zero-order chi connectivity index (χ0) is 20.3. The lowest BCUT2D eigenvalue weighted by atomic mass is 9.92. The van der Waals surface area contributed by atoms with Gasteiger partial charge >= 0.3 is 6.03 Å². The Hall–Kier alpha value is -3.75. The number of benzene rings is 2. The third-order valence-electron chi connectivity index (χ3n) is 4.29. The smallest absolute Gasteiger partial charge is 0.343 e. The number of imide groups is 1. The molecule has 0 saturated carbocycles. The molecule has 2 aromatic rings. The average molecular weight is 384 g/mol. The molecule has 3 N–H and O–H groups in total. The zero-order valence-corrected chi connectivity index (χ0v) is 14.9. The summed E-state index contributed by atoms with van der Waals surface area (Å²) < 4.78 is 12.9. The molecule has 0 aliphatic carbocycles. The Morgan fingerprint density at radius 2 is 1.71 bits per heavy atom. The molecule has 1 aliphatic rings. The Kier molecular flexibility index (Phi) is 5.08. The molecule has 3 rings (SSSR count). The maximum atomic E-state index is 12.9. The van der Waals surface area contributed by atoms with Crippen LogP contribution in [0.15, 0.2) is 54.6 Å². The van der Waals surface area contributed by atoms with Gasteiger partial charge in [-0.25, -0.2) is 9.18 Å². The van der Waals surface area contributed by atoms with Crippen molar-refractivity contribution in [2.75, 3.05) is 6.54 Å². The summed E-state index contributed by atoms with van der Waals surface area (Å²) in [6, 6.07) is 12.6. The van der Waals surface area contributed by atoms with Gasteiger partial charge in [-0.2, -0.15) is 5.01 Å². The van der Waals surface area contributed by atoms with Crippen LogP contribution in [0.4, 0.5) is 9.18 Å². The van der Waals surface area contributed by atoms with E-state index < -0.39 is 41.7 Å². The molecule has 1 heterocycles. The minimum absolute atomic E-state index is 0.167. The Bertz CT molecular complexity index is 933. The first kappa shape index (κ1) is 19.0. The number of hydrogen-bond acceptors (Lipinski definition) is 4. The maximum Gasteiger partial charge on any atom is 0.344 e. The van der Waals surface area contributed by atoms with Crippen molar-refractivity contribution < 1.29 is 23.6 Å². The van der Waals surface area contributed by atoms with Gasteiger partial charge in [0.05, 0.1) is 6.54 Å². The van der Waals surface area contributed by atoms with Gasteiger partial charge in [0.1, 0.15) is 11.4 Å². The molecular formula is C19H17FN4O4. The lowest BCUT2D eigenvalue weighted by Gasteiger charge is -2.22. The third kappa shape index (κ3) is 3.68. The molecule has 9 heteroatoms. The van der Waals surface area contributed by atoms with Gasteiger partial charge in [0.2, 0.25) is 0 Å². The van der Waals surface area contributed by atoms with Crippen LogP contribution in [0.3, 0.4) is 0 Å². The second-order valence-electron chi connectivity index (χ2n) is 6.29. The van der Waals surface area contributed by atoms with Gasteiger partial charge < -0.3 is 10.6 Å². The summed E-state index contributed by atoms with van der Waals surface area (Å²) in [6.07, 6.45) is 0. The van der Waals surface area contributed by atoms with Gasteiger partial charge in [-0.1, -0.05) is 30.3 Å². The molecule has 1 saturated heterocycles. The van der Waals surface area contributed by atoms with Crippen molar-refractivity contribution in [2.24, 2.45) is 0 Å². The minimum Gasteiger partial charge on any atom is -0.343 e. The zero-order valence-electron chi connectivity index (χ0n) is 14.9.